The lowest BCUT2D eigenvalue weighted by Crippen LogP contribution is -2.17. The van der Waals surface area contributed by atoms with Gasteiger partial charge in [-0.15, -0.1) is 0 Å². The molecule has 0 bridgehead atoms. The summed E-state index contributed by atoms with van der Waals surface area (Å²) < 4.78 is 2.47. The van der Waals surface area contributed by atoms with Gasteiger partial charge in [0.05, 0.1) is 0 Å². The summed E-state index contributed by atoms with van der Waals surface area (Å²) in [6, 6.07) is 1.61. The van der Waals surface area contributed by atoms with Crippen molar-refractivity contribution in [1.29, 1.82) is 0 Å². The van der Waals surface area contributed by atoms with Crippen LogP contribution in [0.4, 0.5) is 0 Å². The first-order valence-corrected chi connectivity index (χ1v) is 4.49. The van der Waals surface area contributed by atoms with Crippen LogP contribution in [0.3, 0.4) is 0 Å². The first-order valence-electron chi connectivity index (χ1n) is 3.70. The predicted octanol–water partition coefficient (Wildman–Crippen LogP) is 0.649. The van der Waals surface area contributed by atoms with E-state index in [-0.39, 0.29) is 5.56 Å². The third kappa shape index (κ3) is 1.95. The van der Waals surface area contributed by atoms with E-state index in [9.17, 15) is 4.79 Å². The molecule has 0 aliphatic carbocycles. The van der Waals surface area contributed by atoms with Crippen LogP contribution in [0.15, 0.2) is 21.5 Å². The molecule has 0 atom stereocenters. The number of aryl methyl sites for hydroxylation is 1. The molecule has 1 rings (SSSR count). The number of nitrogens with zero attached hydrogens (tertiary/aromatic N) is 1. The van der Waals surface area contributed by atoms with Crippen LogP contribution in [-0.2, 0) is 13.5 Å². The van der Waals surface area contributed by atoms with Gasteiger partial charge in [-0.3, -0.25) is 4.79 Å². The molecule has 0 unspecified atom stereocenters. The van der Waals surface area contributed by atoms with Crippen LogP contribution in [0, 0.1) is 0 Å². The molecular weight excluding hydrogens is 220 g/mol. The van der Waals surface area contributed by atoms with E-state index in [1.165, 1.54) is 4.57 Å². The number of aromatic nitrogens is 1. The monoisotopic (exact) mass is 230 g/mol. The van der Waals surface area contributed by atoms with Gasteiger partial charge in [0, 0.05) is 23.8 Å². The Morgan fingerprint density at radius 1 is 1.67 bits per heavy atom. The Morgan fingerprint density at radius 2 is 2.33 bits per heavy atom. The van der Waals surface area contributed by atoms with E-state index >= 15 is 0 Å². The summed E-state index contributed by atoms with van der Waals surface area (Å²) >= 11 is 3.37. The summed E-state index contributed by atoms with van der Waals surface area (Å²) in [6.07, 6.45) is 2.49. The number of halogens is 1. The van der Waals surface area contributed by atoms with Gasteiger partial charge in [0.25, 0.3) is 5.56 Å². The fraction of sp³-hybridized carbons (Fsp3) is 0.375. The molecule has 0 saturated heterocycles. The molecule has 2 N–H and O–H groups in total. The van der Waals surface area contributed by atoms with Gasteiger partial charge in [0.1, 0.15) is 0 Å². The molecule has 0 amide bonds. The number of rotatable bonds is 2. The summed E-state index contributed by atoms with van der Waals surface area (Å²) in [5.74, 6) is 0. The van der Waals surface area contributed by atoms with Gasteiger partial charge in [-0.2, -0.15) is 0 Å². The fourth-order valence-corrected chi connectivity index (χ4v) is 1.60. The normalized spacial score (nSPS) is 10.2. The second-order valence-electron chi connectivity index (χ2n) is 2.63. The van der Waals surface area contributed by atoms with Gasteiger partial charge in [-0.1, -0.05) is 0 Å². The lowest BCUT2D eigenvalue weighted by Gasteiger charge is -2.03. The molecule has 0 radical (unpaired) electrons. The second kappa shape index (κ2) is 3.87. The van der Waals surface area contributed by atoms with E-state index in [1.54, 1.807) is 19.3 Å². The van der Waals surface area contributed by atoms with Crippen molar-refractivity contribution in [2.24, 2.45) is 12.8 Å². The van der Waals surface area contributed by atoms with Gasteiger partial charge in [0.2, 0.25) is 0 Å². The molecule has 1 heterocycles. The van der Waals surface area contributed by atoms with Crippen molar-refractivity contribution in [3.05, 3.63) is 32.7 Å². The van der Waals surface area contributed by atoms with Crippen molar-refractivity contribution in [3.63, 3.8) is 0 Å². The van der Waals surface area contributed by atoms with Crippen molar-refractivity contribution in [3.8, 4) is 0 Å². The zero-order chi connectivity index (χ0) is 9.14. The second-order valence-corrected chi connectivity index (χ2v) is 3.49. The van der Waals surface area contributed by atoms with Crippen LogP contribution >= 0.6 is 15.9 Å². The molecule has 0 aromatic carbocycles. The predicted molar refractivity (Wildman–Crippen MR) is 52.1 cm³/mol. The SMILES string of the molecule is Cn1cc(Br)c(CCN)cc1=O. The quantitative estimate of drug-likeness (QED) is 0.812. The summed E-state index contributed by atoms with van der Waals surface area (Å²) in [7, 11) is 1.72. The lowest BCUT2D eigenvalue weighted by atomic mass is 10.2. The summed E-state index contributed by atoms with van der Waals surface area (Å²) in [6.45, 7) is 0.561. The molecule has 1 aromatic rings. The van der Waals surface area contributed by atoms with Crippen LogP contribution < -0.4 is 11.3 Å². The average Bonchev–Trinajstić information content (AvgIpc) is 2.01. The smallest absolute Gasteiger partial charge is 0.250 e. The molecule has 0 aliphatic rings. The van der Waals surface area contributed by atoms with Crippen LogP contribution in [0.5, 0.6) is 0 Å². The Labute approximate surface area is 79.3 Å². The molecule has 0 fully saturated rings. The Morgan fingerprint density at radius 3 is 2.92 bits per heavy atom. The minimum absolute atomic E-state index is 0.00153. The van der Waals surface area contributed by atoms with Crippen molar-refractivity contribution < 1.29 is 0 Å². The maximum atomic E-state index is 11.2. The van der Waals surface area contributed by atoms with E-state index in [0.717, 1.165) is 16.5 Å². The van der Waals surface area contributed by atoms with E-state index < -0.39 is 0 Å². The van der Waals surface area contributed by atoms with Gasteiger partial charge in [0.15, 0.2) is 0 Å². The van der Waals surface area contributed by atoms with Crippen LogP contribution in [0.25, 0.3) is 0 Å². The van der Waals surface area contributed by atoms with Crippen LogP contribution in [0.2, 0.25) is 0 Å². The van der Waals surface area contributed by atoms with Gasteiger partial charge < -0.3 is 10.3 Å². The zero-order valence-corrected chi connectivity index (χ0v) is 8.47. The Hall–Kier alpha value is -0.610. The number of pyridine rings is 1. The third-order valence-electron chi connectivity index (χ3n) is 1.67. The molecular formula is C8H11BrN2O. The Bertz CT molecular complexity index is 332. The van der Waals surface area contributed by atoms with E-state index in [4.69, 9.17) is 5.73 Å². The number of hydrogen-bond acceptors (Lipinski definition) is 2. The maximum Gasteiger partial charge on any atom is 0.250 e. The van der Waals surface area contributed by atoms with Crippen molar-refractivity contribution in [2.75, 3.05) is 6.54 Å². The van der Waals surface area contributed by atoms with Gasteiger partial charge in [-0.25, -0.2) is 0 Å². The first-order chi connectivity index (χ1) is 5.65. The molecule has 66 valence electrons. The third-order valence-corrected chi connectivity index (χ3v) is 2.39. The standard InChI is InChI=1S/C8H11BrN2O/c1-11-5-7(9)6(2-3-10)4-8(11)12/h4-5H,2-3,10H2,1H3. The minimum atomic E-state index is 0.00153. The fourth-order valence-electron chi connectivity index (χ4n) is 0.983. The van der Waals surface area contributed by atoms with Gasteiger partial charge >= 0.3 is 0 Å². The number of nitrogens with two attached hydrogens (primary N) is 1. The van der Waals surface area contributed by atoms with Crippen molar-refractivity contribution in [2.45, 2.75) is 6.42 Å². The average molecular weight is 231 g/mol. The van der Waals surface area contributed by atoms with Crippen molar-refractivity contribution in [1.82, 2.24) is 4.57 Å². The summed E-state index contributed by atoms with van der Waals surface area (Å²) in [4.78, 5) is 11.2. The molecule has 3 nitrogen and oxygen atoms in total. The van der Waals surface area contributed by atoms with Crippen molar-refractivity contribution >= 4 is 15.9 Å². The summed E-state index contributed by atoms with van der Waals surface area (Å²) in [5.41, 5.74) is 6.36. The highest BCUT2D eigenvalue weighted by Crippen LogP contribution is 2.13. The van der Waals surface area contributed by atoms with E-state index in [2.05, 4.69) is 15.9 Å². The lowest BCUT2D eigenvalue weighted by molar-refractivity contribution is 0.837. The molecule has 1 aromatic heterocycles. The first kappa shape index (κ1) is 9.48. The largest absolute Gasteiger partial charge is 0.330 e. The van der Waals surface area contributed by atoms with E-state index in [1.807, 2.05) is 0 Å². The molecule has 0 aliphatic heterocycles. The minimum Gasteiger partial charge on any atom is -0.330 e. The molecule has 0 saturated carbocycles. The molecule has 4 heteroatoms. The highest BCUT2D eigenvalue weighted by Gasteiger charge is 2.00. The zero-order valence-electron chi connectivity index (χ0n) is 6.88. The number of hydrogen-bond donors (Lipinski definition) is 1. The summed E-state index contributed by atoms with van der Waals surface area (Å²) in [5, 5.41) is 0. The van der Waals surface area contributed by atoms with Gasteiger partial charge in [-0.05, 0) is 34.5 Å². The maximum absolute atomic E-state index is 11.2. The van der Waals surface area contributed by atoms with Crippen LogP contribution in [-0.4, -0.2) is 11.1 Å². The Kier molecular flexibility index (Phi) is 3.05. The molecule has 0 spiro atoms. The topological polar surface area (TPSA) is 48.0 Å². The highest BCUT2D eigenvalue weighted by atomic mass is 79.9. The highest BCUT2D eigenvalue weighted by molar-refractivity contribution is 9.10. The molecule has 12 heavy (non-hydrogen) atoms. The van der Waals surface area contributed by atoms with E-state index in [0.29, 0.717) is 6.54 Å². The Balaban J connectivity index is 3.14. The van der Waals surface area contributed by atoms with Crippen LogP contribution in [0.1, 0.15) is 5.56 Å².